The lowest BCUT2D eigenvalue weighted by molar-refractivity contribution is 1.14. The number of nitrogen functional groups attached to an aromatic ring is 1. The van der Waals surface area contributed by atoms with E-state index in [1.807, 2.05) is 6.07 Å². The van der Waals surface area contributed by atoms with Gasteiger partial charge >= 0.3 is 0 Å². The van der Waals surface area contributed by atoms with Gasteiger partial charge < -0.3 is 16.4 Å². The zero-order chi connectivity index (χ0) is 14.8. The van der Waals surface area contributed by atoms with Crippen molar-refractivity contribution in [3.05, 3.63) is 47.5 Å². The van der Waals surface area contributed by atoms with Crippen LogP contribution in [0.5, 0.6) is 0 Å². The number of hydrogen-bond acceptors (Lipinski definition) is 6. The number of nitrogens with two attached hydrogens (primary N) is 1. The smallest absolute Gasteiger partial charge is 0.220 e. The van der Waals surface area contributed by atoms with Gasteiger partial charge in [-0.25, -0.2) is 9.97 Å². The molecule has 21 heavy (non-hydrogen) atoms. The molecule has 0 radical (unpaired) electrons. The molecule has 104 valence electrons. The van der Waals surface area contributed by atoms with Crippen molar-refractivity contribution in [3.8, 4) is 6.07 Å². The van der Waals surface area contributed by atoms with Crippen LogP contribution in [0.4, 0.5) is 17.3 Å². The topological polar surface area (TPSA) is 99.7 Å². The van der Waals surface area contributed by atoms with E-state index in [4.69, 9.17) is 5.73 Å². The molecule has 2 heterocycles. The standard InChI is InChI=1S/C15H14N6/c1-2-9-3-4-12-13(7-9)20-14(19-12)10(8-16)11-5-6-18-15(17)21-11/h3-7,19-20H,2H2,1H3,(H2,17,18,21)/b14-10+. The molecule has 6 heteroatoms. The summed E-state index contributed by atoms with van der Waals surface area (Å²) in [5.74, 6) is 0.753. The molecule has 0 spiro atoms. The van der Waals surface area contributed by atoms with Crippen LogP contribution >= 0.6 is 0 Å². The van der Waals surface area contributed by atoms with Crippen LogP contribution in [0.15, 0.2) is 36.3 Å². The summed E-state index contributed by atoms with van der Waals surface area (Å²) in [7, 11) is 0. The zero-order valence-electron chi connectivity index (χ0n) is 11.5. The van der Waals surface area contributed by atoms with Crippen molar-refractivity contribution >= 4 is 22.9 Å². The summed E-state index contributed by atoms with van der Waals surface area (Å²) < 4.78 is 0. The lowest BCUT2D eigenvalue weighted by Crippen LogP contribution is -2.05. The molecule has 0 saturated heterocycles. The van der Waals surface area contributed by atoms with E-state index in [-0.39, 0.29) is 5.95 Å². The Morgan fingerprint density at radius 2 is 2.10 bits per heavy atom. The molecule has 2 aromatic rings. The molecular weight excluding hydrogens is 264 g/mol. The van der Waals surface area contributed by atoms with Crippen molar-refractivity contribution in [3.63, 3.8) is 0 Å². The number of nitrogens with one attached hydrogen (secondary N) is 2. The number of fused-ring (bicyclic) bond motifs is 1. The number of nitriles is 1. The minimum atomic E-state index is 0.143. The zero-order valence-corrected chi connectivity index (χ0v) is 11.5. The molecule has 1 aliphatic heterocycles. The summed E-state index contributed by atoms with van der Waals surface area (Å²) >= 11 is 0. The molecule has 4 N–H and O–H groups in total. The maximum atomic E-state index is 9.42. The lowest BCUT2D eigenvalue weighted by Gasteiger charge is -2.04. The second-order valence-electron chi connectivity index (χ2n) is 4.65. The highest BCUT2D eigenvalue weighted by molar-refractivity contribution is 5.89. The van der Waals surface area contributed by atoms with Crippen molar-refractivity contribution in [2.75, 3.05) is 16.4 Å². The normalized spacial score (nSPS) is 14.7. The van der Waals surface area contributed by atoms with E-state index in [0.29, 0.717) is 17.1 Å². The highest BCUT2D eigenvalue weighted by Gasteiger charge is 2.19. The minimum absolute atomic E-state index is 0.143. The monoisotopic (exact) mass is 278 g/mol. The van der Waals surface area contributed by atoms with Crippen molar-refractivity contribution in [2.45, 2.75) is 13.3 Å². The molecule has 6 nitrogen and oxygen atoms in total. The molecule has 1 aromatic carbocycles. The Hall–Kier alpha value is -3.07. The Kier molecular flexibility index (Phi) is 3.16. The van der Waals surface area contributed by atoms with E-state index in [9.17, 15) is 5.26 Å². The summed E-state index contributed by atoms with van der Waals surface area (Å²) in [5.41, 5.74) is 9.60. The summed E-state index contributed by atoms with van der Waals surface area (Å²) in [5, 5.41) is 15.8. The van der Waals surface area contributed by atoms with E-state index in [0.717, 1.165) is 17.8 Å². The lowest BCUT2D eigenvalue weighted by atomic mass is 10.1. The fourth-order valence-corrected chi connectivity index (χ4v) is 2.20. The van der Waals surface area contributed by atoms with Gasteiger partial charge in [-0.05, 0) is 30.2 Å². The van der Waals surface area contributed by atoms with Crippen LogP contribution < -0.4 is 16.4 Å². The van der Waals surface area contributed by atoms with Crippen molar-refractivity contribution in [2.24, 2.45) is 0 Å². The maximum absolute atomic E-state index is 9.42. The predicted octanol–water partition coefficient (Wildman–Crippen LogP) is 2.35. The molecule has 0 fully saturated rings. The summed E-state index contributed by atoms with van der Waals surface area (Å²) in [6.45, 7) is 2.10. The van der Waals surface area contributed by atoms with Crippen LogP contribution in [0.25, 0.3) is 5.57 Å². The highest BCUT2D eigenvalue weighted by atomic mass is 15.2. The van der Waals surface area contributed by atoms with E-state index in [2.05, 4.69) is 45.7 Å². The number of hydrogen-bond donors (Lipinski definition) is 3. The van der Waals surface area contributed by atoms with Crippen LogP contribution in [-0.2, 0) is 6.42 Å². The number of aryl methyl sites for hydroxylation is 1. The van der Waals surface area contributed by atoms with Crippen LogP contribution in [0.2, 0.25) is 0 Å². The van der Waals surface area contributed by atoms with Crippen LogP contribution in [-0.4, -0.2) is 9.97 Å². The second-order valence-corrected chi connectivity index (χ2v) is 4.65. The SMILES string of the molecule is CCc1ccc2c(c1)N/C(=C(\C#N)c1ccnc(N)n1)N2. The summed E-state index contributed by atoms with van der Waals surface area (Å²) in [4.78, 5) is 7.93. The quantitative estimate of drug-likeness (QED) is 0.729. The third-order valence-electron chi connectivity index (χ3n) is 3.30. The van der Waals surface area contributed by atoms with Gasteiger partial charge in [0.05, 0.1) is 17.1 Å². The fourth-order valence-electron chi connectivity index (χ4n) is 2.20. The first-order valence-electron chi connectivity index (χ1n) is 6.61. The third kappa shape index (κ3) is 2.37. The van der Waals surface area contributed by atoms with Crippen molar-refractivity contribution in [1.82, 2.24) is 9.97 Å². The number of rotatable bonds is 2. The Morgan fingerprint density at radius 3 is 2.81 bits per heavy atom. The number of aromatic nitrogens is 2. The predicted molar refractivity (Wildman–Crippen MR) is 82.0 cm³/mol. The molecule has 1 aromatic heterocycles. The van der Waals surface area contributed by atoms with Gasteiger partial charge in [0.1, 0.15) is 17.5 Å². The van der Waals surface area contributed by atoms with Gasteiger partial charge in [-0.15, -0.1) is 0 Å². The van der Waals surface area contributed by atoms with Crippen molar-refractivity contribution in [1.29, 1.82) is 5.26 Å². The Labute approximate surface area is 122 Å². The van der Waals surface area contributed by atoms with Gasteiger partial charge in [-0.2, -0.15) is 5.26 Å². The van der Waals surface area contributed by atoms with Gasteiger partial charge in [-0.1, -0.05) is 13.0 Å². The maximum Gasteiger partial charge on any atom is 0.220 e. The Balaban J connectivity index is 2.02. The first-order chi connectivity index (χ1) is 10.2. The molecule has 0 aliphatic carbocycles. The summed E-state index contributed by atoms with van der Waals surface area (Å²) in [6, 6.07) is 9.94. The van der Waals surface area contributed by atoms with Gasteiger partial charge in [0.15, 0.2) is 0 Å². The van der Waals surface area contributed by atoms with Crippen molar-refractivity contribution < 1.29 is 0 Å². The summed E-state index contributed by atoms with van der Waals surface area (Å²) in [6.07, 6.45) is 2.49. The second kappa shape index (κ2) is 5.13. The number of benzene rings is 1. The fraction of sp³-hybridized carbons (Fsp3) is 0.133. The largest absolute Gasteiger partial charge is 0.368 e. The molecule has 1 aliphatic rings. The van der Waals surface area contributed by atoms with Crippen LogP contribution in [0, 0.1) is 11.3 Å². The van der Waals surface area contributed by atoms with E-state index < -0.39 is 0 Å². The van der Waals surface area contributed by atoms with Gasteiger partial charge in [0.25, 0.3) is 0 Å². The average molecular weight is 278 g/mol. The van der Waals surface area contributed by atoms with Gasteiger partial charge in [0.2, 0.25) is 5.95 Å². The number of nitrogens with zero attached hydrogens (tertiary/aromatic N) is 3. The van der Waals surface area contributed by atoms with Crippen LogP contribution in [0.3, 0.4) is 0 Å². The highest BCUT2D eigenvalue weighted by Crippen LogP contribution is 2.34. The number of allylic oxidation sites excluding steroid dienone is 1. The first kappa shape index (κ1) is 12.9. The molecule has 3 rings (SSSR count). The molecular formula is C15H14N6. The minimum Gasteiger partial charge on any atom is -0.368 e. The molecule has 0 unspecified atom stereocenters. The van der Waals surface area contributed by atoms with E-state index in [1.165, 1.54) is 11.8 Å². The first-order valence-corrected chi connectivity index (χ1v) is 6.61. The van der Waals surface area contributed by atoms with E-state index >= 15 is 0 Å². The number of anilines is 3. The van der Waals surface area contributed by atoms with E-state index in [1.54, 1.807) is 6.07 Å². The average Bonchev–Trinajstić information content (AvgIpc) is 2.90. The third-order valence-corrected chi connectivity index (χ3v) is 3.30. The molecule has 0 amide bonds. The Bertz CT molecular complexity index is 772. The Morgan fingerprint density at radius 1 is 1.29 bits per heavy atom. The van der Waals surface area contributed by atoms with Gasteiger partial charge in [0, 0.05) is 6.20 Å². The molecule has 0 atom stereocenters. The molecule has 0 bridgehead atoms. The molecule has 0 saturated carbocycles. The van der Waals surface area contributed by atoms with Gasteiger partial charge in [-0.3, -0.25) is 0 Å². The van der Waals surface area contributed by atoms with Crippen LogP contribution in [0.1, 0.15) is 18.2 Å².